The van der Waals surface area contributed by atoms with Crippen LogP contribution in [0.15, 0.2) is 24.5 Å². The van der Waals surface area contributed by atoms with Gasteiger partial charge in [0.05, 0.1) is 5.54 Å². The second kappa shape index (κ2) is 12.1. The number of hydrogen-bond donors (Lipinski definition) is 3. The number of nitrogens with two attached hydrogens (primary N) is 1. The van der Waals surface area contributed by atoms with Gasteiger partial charge in [-0.15, -0.1) is 24.8 Å². The van der Waals surface area contributed by atoms with E-state index in [2.05, 4.69) is 15.6 Å². The van der Waals surface area contributed by atoms with E-state index in [1.54, 1.807) is 19.3 Å². The Morgan fingerprint density at radius 1 is 1.30 bits per heavy atom. The topological polar surface area (TPSA) is 97.1 Å². The number of nitrogens with zero attached hydrogens (tertiary/aromatic N) is 1. The number of carbonyl (C=O) groups is 2. The van der Waals surface area contributed by atoms with Crippen molar-refractivity contribution >= 4 is 36.6 Å². The fraction of sp³-hybridized carbons (Fsp3) is 0.533. The van der Waals surface area contributed by atoms with E-state index in [-0.39, 0.29) is 49.6 Å². The Kier molecular flexibility index (Phi) is 12.6. The Labute approximate surface area is 149 Å². The van der Waals surface area contributed by atoms with E-state index in [1.165, 1.54) is 0 Å². The van der Waals surface area contributed by atoms with Crippen molar-refractivity contribution in [3.63, 3.8) is 0 Å². The van der Waals surface area contributed by atoms with Gasteiger partial charge in [-0.05, 0) is 25.0 Å². The lowest BCUT2D eigenvalue weighted by atomic mass is 9.96. The number of carbonyl (C=O) groups excluding carboxylic acids is 2. The molecule has 0 spiro atoms. The maximum Gasteiger partial charge on any atom is 0.239 e. The first-order valence-corrected chi connectivity index (χ1v) is 7.18. The van der Waals surface area contributed by atoms with Gasteiger partial charge in [0.1, 0.15) is 0 Å². The van der Waals surface area contributed by atoms with Gasteiger partial charge in [-0.25, -0.2) is 0 Å². The summed E-state index contributed by atoms with van der Waals surface area (Å²) in [5, 5.41) is 5.47. The van der Waals surface area contributed by atoms with Crippen LogP contribution in [0.5, 0.6) is 0 Å². The number of amides is 2. The number of hydrogen-bond acceptors (Lipinski definition) is 4. The molecule has 6 nitrogen and oxygen atoms in total. The molecule has 0 radical (unpaired) electrons. The third-order valence-corrected chi connectivity index (χ3v) is 3.14. The lowest BCUT2D eigenvalue weighted by Gasteiger charge is -2.22. The summed E-state index contributed by atoms with van der Waals surface area (Å²) in [6.45, 7) is 4.40. The minimum atomic E-state index is -0.874. The molecule has 0 saturated heterocycles. The van der Waals surface area contributed by atoms with Gasteiger partial charge in [0, 0.05) is 31.9 Å². The average molecular weight is 365 g/mol. The molecule has 132 valence electrons. The van der Waals surface area contributed by atoms with Crippen molar-refractivity contribution in [2.45, 2.75) is 45.2 Å². The molecule has 1 aromatic rings. The Morgan fingerprint density at radius 3 is 2.57 bits per heavy atom. The number of rotatable bonds is 8. The monoisotopic (exact) mass is 364 g/mol. The summed E-state index contributed by atoms with van der Waals surface area (Å²) in [5.41, 5.74) is 5.97. The predicted molar refractivity (Wildman–Crippen MR) is 95.7 cm³/mol. The summed E-state index contributed by atoms with van der Waals surface area (Å²) in [7, 11) is 0. The minimum Gasteiger partial charge on any atom is -0.354 e. The highest BCUT2D eigenvalue weighted by molar-refractivity contribution is 5.86. The molecular weight excluding hydrogens is 339 g/mol. The Balaban J connectivity index is 0. The van der Waals surface area contributed by atoms with Crippen LogP contribution >= 0.6 is 24.8 Å². The third-order valence-electron chi connectivity index (χ3n) is 3.14. The maximum atomic E-state index is 11.8. The molecule has 0 aliphatic carbocycles. The summed E-state index contributed by atoms with van der Waals surface area (Å²) in [5.74, 6) is -0.335. The zero-order chi connectivity index (χ0) is 15.7. The maximum absolute atomic E-state index is 11.8. The predicted octanol–water partition coefficient (Wildman–Crippen LogP) is 1.57. The molecule has 1 atom stereocenters. The van der Waals surface area contributed by atoms with Crippen LogP contribution < -0.4 is 16.4 Å². The molecule has 2 amide bonds. The van der Waals surface area contributed by atoms with Gasteiger partial charge in [-0.3, -0.25) is 14.6 Å². The third kappa shape index (κ3) is 9.38. The van der Waals surface area contributed by atoms with Gasteiger partial charge in [-0.2, -0.15) is 0 Å². The van der Waals surface area contributed by atoms with Gasteiger partial charge < -0.3 is 16.4 Å². The van der Waals surface area contributed by atoms with Gasteiger partial charge in [-0.1, -0.05) is 19.4 Å². The Bertz CT molecular complexity index is 470. The van der Waals surface area contributed by atoms with Crippen LogP contribution in [0.2, 0.25) is 0 Å². The van der Waals surface area contributed by atoms with E-state index in [0.717, 1.165) is 12.0 Å². The molecule has 8 heteroatoms. The summed E-state index contributed by atoms with van der Waals surface area (Å²) in [6.07, 6.45) is 5.07. The Hall–Kier alpha value is -1.37. The molecular formula is C15H26Cl2N4O2. The summed E-state index contributed by atoms with van der Waals surface area (Å²) in [6, 6.07) is 3.71. The largest absolute Gasteiger partial charge is 0.354 e. The first-order chi connectivity index (χ1) is 9.95. The molecule has 0 bridgehead atoms. The molecule has 1 unspecified atom stereocenters. The van der Waals surface area contributed by atoms with E-state index in [4.69, 9.17) is 5.73 Å². The fourth-order valence-electron chi connectivity index (χ4n) is 1.92. The van der Waals surface area contributed by atoms with Crippen LogP contribution in [-0.2, 0) is 16.1 Å². The van der Waals surface area contributed by atoms with Gasteiger partial charge in [0.15, 0.2) is 0 Å². The van der Waals surface area contributed by atoms with Crippen molar-refractivity contribution in [3.05, 3.63) is 30.1 Å². The summed E-state index contributed by atoms with van der Waals surface area (Å²) >= 11 is 0. The molecule has 0 aliphatic heterocycles. The molecule has 1 heterocycles. The first-order valence-electron chi connectivity index (χ1n) is 7.18. The second-order valence-electron chi connectivity index (χ2n) is 5.31. The SMILES string of the molecule is CCCC(C)(N)C(=O)NCCC(=O)NCc1cccnc1.Cl.Cl. The number of aromatic nitrogens is 1. The van der Waals surface area contributed by atoms with Gasteiger partial charge >= 0.3 is 0 Å². The quantitative estimate of drug-likeness (QED) is 0.651. The van der Waals surface area contributed by atoms with Crippen molar-refractivity contribution < 1.29 is 9.59 Å². The highest BCUT2D eigenvalue weighted by atomic mass is 35.5. The molecule has 0 aromatic carbocycles. The van der Waals surface area contributed by atoms with Crippen LogP contribution in [0.25, 0.3) is 0 Å². The fourth-order valence-corrected chi connectivity index (χ4v) is 1.92. The summed E-state index contributed by atoms with van der Waals surface area (Å²) < 4.78 is 0. The average Bonchev–Trinajstić information content (AvgIpc) is 2.46. The lowest BCUT2D eigenvalue weighted by molar-refractivity contribution is -0.126. The minimum absolute atomic E-state index is 0. The van der Waals surface area contributed by atoms with Crippen molar-refractivity contribution in [1.82, 2.24) is 15.6 Å². The number of halogens is 2. The van der Waals surface area contributed by atoms with Gasteiger partial charge in [0.2, 0.25) is 11.8 Å². The van der Waals surface area contributed by atoms with Crippen molar-refractivity contribution in [2.75, 3.05) is 6.54 Å². The van der Waals surface area contributed by atoms with Crippen molar-refractivity contribution in [1.29, 1.82) is 0 Å². The van der Waals surface area contributed by atoms with Crippen LogP contribution in [0.3, 0.4) is 0 Å². The molecule has 4 N–H and O–H groups in total. The first kappa shape index (κ1) is 23.9. The van der Waals surface area contributed by atoms with E-state index in [1.807, 2.05) is 19.1 Å². The van der Waals surface area contributed by atoms with E-state index in [0.29, 0.717) is 13.0 Å². The van der Waals surface area contributed by atoms with Crippen LogP contribution in [0.4, 0.5) is 0 Å². The van der Waals surface area contributed by atoms with Crippen LogP contribution in [0.1, 0.15) is 38.7 Å². The summed E-state index contributed by atoms with van der Waals surface area (Å²) in [4.78, 5) is 27.5. The lowest BCUT2D eigenvalue weighted by Crippen LogP contribution is -2.52. The Morgan fingerprint density at radius 2 is 2.00 bits per heavy atom. The molecule has 1 rings (SSSR count). The van der Waals surface area contributed by atoms with Crippen LogP contribution in [0, 0.1) is 0 Å². The molecule has 0 fully saturated rings. The zero-order valence-electron chi connectivity index (χ0n) is 13.5. The smallest absolute Gasteiger partial charge is 0.239 e. The number of pyridine rings is 1. The standard InChI is InChI=1S/C15H24N4O2.2ClH/c1-3-7-15(2,16)14(21)18-9-6-13(20)19-11-12-5-4-8-17-10-12;;/h4-5,8,10H,3,6-7,9,11,16H2,1-2H3,(H,18,21)(H,19,20);2*1H. The molecule has 1 aromatic heterocycles. The number of nitrogens with one attached hydrogen (secondary N) is 2. The second-order valence-corrected chi connectivity index (χ2v) is 5.31. The van der Waals surface area contributed by atoms with E-state index in [9.17, 15) is 9.59 Å². The van der Waals surface area contributed by atoms with Crippen LogP contribution in [-0.4, -0.2) is 28.9 Å². The van der Waals surface area contributed by atoms with E-state index >= 15 is 0 Å². The van der Waals surface area contributed by atoms with Crippen molar-refractivity contribution in [2.24, 2.45) is 5.73 Å². The zero-order valence-corrected chi connectivity index (χ0v) is 15.1. The highest BCUT2D eigenvalue weighted by Crippen LogP contribution is 2.08. The van der Waals surface area contributed by atoms with E-state index < -0.39 is 5.54 Å². The molecule has 23 heavy (non-hydrogen) atoms. The normalized spacial score (nSPS) is 12.1. The van der Waals surface area contributed by atoms with Crippen molar-refractivity contribution in [3.8, 4) is 0 Å². The molecule has 0 aliphatic rings. The van der Waals surface area contributed by atoms with Gasteiger partial charge in [0.25, 0.3) is 0 Å². The highest BCUT2D eigenvalue weighted by Gasteiger charge is 2.26. The molecule has 0 saturated carbocycles.